The van der Waals surface area contributed by atoms with Gasteiger partial charge in [-0.15, -0.1) is 0 Å². The number of piperidine rings is 1. The zero-order chi connectivity index (χ0) is 18.2. The van der Waals surface area contributed by atoms with Crippen molar-refractivity contribution in [3.8, 4) is 5.75 Å². The Hall–Kier alpha value is -2.06. The summed E-state index contributed by atoms with van der Waals surface area (Å²) in [6, 6.07) is 5.30. The minimum atomic E-state index is -3.17. The third kappa shape index (κ3) is 3.64. The fraction of sp³-hybridized carbons (Fsp3) is 0.471. The van der Waals surface area contributed by atoms with E-state index in [0.29, 0.717) is 54.0 Å². The second-order valence-corrected chi connectivity index (χ2v) is 8.29. The molecule has 1 aliphatic heterocycles. The number of nitrogens with zero attached hydrogens (tertiary/aromatic N) is 1. The maximum Gasteiger partial charge on any atom is 0.255 e. The van der Waals surface area contributed by atoms with E-state index in [1.807, 2.05) is 0 Å². The number of nitrogens with one attached hydrogen (secondary N) is 1. The number of carbonyl (C=O) groups excluding carboxylic acids is 1. The Kier molecular flexibility index (Phi) is 4.75. The van der Waals surface area contributed by atoms with Gasteiger partial charge in [-0.25, -0.2) is 12.7 Å². The molecule has 1 amide bonds. The molecule has 1 aromatic heterocycles. The summed E-state index contributed by atoms with van der Waals surface area (Å²) in [6.07, 6.45) is 2.40. The average molecular weight is 366 g/mol. The van der Waals surface area contributed by atoms with E-state index in [2.05, 4.69) is 5.32 Å². The van der Waals surface area contributed by atoms with Crippen molar-refractivity contribution in [3.05, 3.63) is 29.5 Å². The summed E-state index contributed by atoms with van der Waals surface area (Å²) in [7, 11) is -1.60. The van der Waals surface area contributed by atoms with Crippen LogP contribution in [0.15, 0.2) is 22.6 Å². The van der Waals surface area contributed by atoms with Crippen molar-refractivity contribution in [2.24, 2.45) is 0 Å². The number of benzene rings is 1. The number of hydrogen-bond acceptors (Lipinski definition) is 5. The number of furan rings is 1. The maximum atomic E-state index is 12.7. The normalized spacial score (nSPS) is 16.9. The highest BCUT2D eigenvalue weighted by molar-refractivity contribution is 7.88. The average Bonchev–Trinajstić information content (AvgIpc) is 2.89. The van der Waals surface area contributed by atoms with Crippen LogP contribution in [0.4, 0.5) is 0 Å². The number of amides is 1. The van der Waals surface area contributed by atoms with Gasteiger partial charge in [0.1, 0.15) is 17.1 Å². The third-order valence-electron chi connectivity index (χ3n) is 4.56. The molecule has 8 heteroatoms. The first kappa shape index (κ1) is 17.8. The number of ether oxygens (including phenoxy) is 1. The molecule has 0 bridgehead atoms. The quantitative estimate of drug-likeness (QED) is 0.893. The molecule has 2 heterocycles. The Morgan fingerprint density at radius 1 is 1.32 bits per heavy atom. The van der Waals surface area contributed by atoms with Crippen molar-refractivity contribution >= 4 is 26.9 Å². The van der Waals surface area contributed by atoms with E-state index in [4.69, 9.17) is 9.15 Å². The Morgan fingerprint density at radius 2 is 2.00 bits per heavy atom. The molecule has 0 radical (unpaired) electrons. The van der Waals surface area contributed by atoms with Crippen LogP contribution >= 0.6 is 0 Å². The number of rotatable bonds is 4. The Bertz CT molecular complexity index is 895. The number of fused-ring (bicyclic) bond motifs is 1. The first-order chi connectivity index (χ1) is 11.8. The number of carbonyl (C=O) groups is 1. The van der Waals surface area contributed by atoms with Gasteiger partial charge in [0, 0.05) is 24.5 Å². The monoisotopic (exact) mass is 366 g/mol. The lowest BCUT2D eigenvalue weighted by Crippen LogP contribution is -2.46. The van der Waals surface area contributed by atoms with Crippen LogP contribution in [0.2, 0.25) is 0 Å². The van der Waals surface area contributed by atoms with Gasteiger partial charge in [-0.05, 0) is 38.0 Å². The molecule has 2 aromatic rings. The summed E-state index contributed by atoms with van der Waals surface area (Å²) < 4.78 is 35.5. The second kappa shape index (κ2) is 6.68. The van der Waals surface area contributed by atoms with Crippen LogP contribution < -0.4 is 10.1 Å². The van der Waals surface area contributed by atoms with Gasteiger partial charge in [0.2, 0.25) is 10.0 Å². The van der Waals surface area contributed by atoms with Crippen LogP contribution in [0.25, 0.3) is 11.0 Å². The van der Waals surface area contributed by atoms with Crippen molar-refractivity contribution in [3.63, 3.8) is 0 Å². The standard InChI is InChI=1S/C17H22N2O5S/c1-11-16(14-10-13(23-2)4-5-15(14)24-11)17(20)18-12-6-8-19(9-7-12)25(3,21)22/h4-5,10,12H,6-9H2,1-3H3,(H,18,20). The number of methoxy groups -OCH3 is 1. The molecule has 0 aliphatic carbocycles. The van der Waals surface area contributed by atoms with Gasteiger partial charge in [0.05, 0.1) is 18.9 Å². The second-order valence-electron chi connectivity index (χ2n) is 6.31. The van der Waals surface area contributed by atoms with Crippen molar-refractivity contribution in [2.45, 2.75) is 25.8 Å². The fourth-order valence-electron chi connectivity index (χ4n) is 3.20. The maximum absolute atomic E-state index is 12.7. The molecule has 7 nitrogen and oxygen atoms in total. The molecule has 25 heavy (non-hydrogen) atoms. The topological polar surface area (TPSA) is 88.8 Å². The summed E-state index contributed by atoms with van der Waals surface area (Å²) in [5, 5.41) is 3.71. The van der Waals surface area contributed by atoms with Crippen LogP contribution in [-0.4, -0.2) is 51.1 Å². The zero-order valence-corrected chi connectivity index (χ0v) is 15.4. The number of sulfonamides is 1. The minimum absolute atomic E-state index is 0.0551. The van der Waals surface area contributed by atoms with Crippen molar-refractivity contribution in [1.82, 2.24) is 9.62 Å². The van der Waals surface area contributed by atoms with Gasteiger partial charge in [0.15, 0.2) is 0 Å². The molecule has 136 valence electrons. The molecule has 0 unspecified atom stereocenters. The van der Waals surface area contributed by atoms with E-state index >= 15 is 0 Å². The molecule has 1 fully saturated rings. The summed E-state index contributed by atoms with van der Waals surface area (Å²) in [5.41, 5.74) is 1.13. The Balaban J connectivity index is 1.76. The molecular formula is C17H22N2O5S. The van der Waals surface area contributed by atoms with E-state index in [0.717, 1.165) is 0 Å². The van der Waals surface area contributed by atoms with Gasteiger partial charge in [-0.3, -0.25) is 4.79 Å². The van der Waals surface area contributed by atoms with Gasteiger partial charge in [0.25, 0.3) is 5.91 Å². The lowest BCUT2D eigenvalue weighted by atomic mass is 10.0. The molecule has 1 N–H and O–H groups in total. The summed E-state index contributed by atoms with van der Waals surface area (Å²) in [5.74, 6) is 1.00. The molecule has 1 aliphatic rings. The molecule has 1 saturated heterocycles. The molecule has 0 atom stereocenters. The highest BCUT2D eigenvalue weighted by Gasteiger charge is 2.27. The zero-order valence-electron chi connectivity index (χ0n) is 14.5. The summed E-state index contributed by atoms with van der Waals surface area (Å²) >= 11 is 0. The van der Waals surface area contributed by atoms with Gasteiger partial charge >= 0.3 is 0 Å². The molecule has 0 spiro atoms. The highest BCUT2D eigenvalue weighted by Crippen LogP contribution is 2.29. The van der Waals surface area contributed by atoms with Gasteiger partial charge < -0.3 is 14.5 Å². The molecule has 3 rings (SSSR count). The lowest BCUT2D eigenvalue weighted by molar-refractivity contribution is 0.0924. The van der Waals surface area contributed by atoms with Crippen LogP contribution in [-0.2, 0) is 10.0 Å². The van der Waals surface area contributed by atoms with Crippen molar-refractivity contribution < 1.29 is 22.4 Å². The molecular weight excluding hydrogens is 344 g/mol. The smallest absolute Gasteiger partial charge is 0.255 e. The predicted octanol–water partition coefficient (Wildman–Crippen LogP) is 1.90. The Labute approximate surface area is 147 Å². The van der Waals surface area contributed by atoms with Crippen LogP contribution in [0.3, 0.4) is 0 Å². The van der Waals surface area contributed by atoms with Gasteiger partial charge in [-0.1, -0.05) is 0 Å². The SMILES string of the molecule is COc1ccc2oc(C)c(C(=O)NC3CCN(S(C)(=O)=O)CC3)c2c1. The summed E-state index contributed by atoms with van der Waals surface area (Å²) in [6.45, 7) is 2.60. The van der Waals surface area contributed by atoms with E-state index in [9.17, 15) is 13.2 Å². The first-order valence-electron chi connectivity index (χ1n) is 8.12. The molecule has 0 saturated carbocycles. The van der Waals surface area contributed by atoms with Crippen molar-refractivity contribution in [1.29, 1.82) is 0 Å². The number of aryl methyl sites for hydroxylation is 1. The van der Waals surface area contributed by atoms with Crippen LogP contribution in [0.5, 0.6) is 5.75 Å². The van der Waals surface area contributed by atoms with E-state index in [-0.39, 0.29) is 11.9 Å². The highest BCUT2D eigenvalue weighted by atomic mass is 32.2. The molecule has 1 aromatic carbocycles. The van der Waals surface area contributed by atoms with Crippen LogP contribution in [0, 0.1) is 6.92 Å². The largest absolute Gasteiger partial charge is 0.497 e. The Morgan fingerprint density at radius 3 is 2.60 bits per heavy atom. The van der Waals surface area contributed by atoms with E-state index in [1.165, 1.54) is 10.6 Å². The van der Waals surface area contributed by atoms with E-state index < -0.39 is 10.0 Å². The fourth-order valence-corrected chi connectivity index (χ4v) is 4.07. The van der Waals surface area contributed by atoms with E-state index in [1.54, 1.807) is 32.2 Å². The third-order valence-corrected chi connectivity index (χ3v) is 5.86. The minimum Gasteiger partial charge on any atom is -0.497 e. The van der Waals surface area contributed by atoms with Crippen molar-refractivity contribution in [2.75, 3.05) is 26.5 Å². The predicted molar refractivity (Wildman–Crippen MR) is 94.4 cm³/mol. The van der Waals surface area contributed by atoms with Crippen LogP contribution in [0.1, 0.15) is 29.0 Å². The summed E-state index contributed by atoms with van der Waals surface area (Å²) in [4.78, 5) is 12.7. The number of hydrogen-bond donors (Lipinski definition) is 1. The van der Waals surface area contributed by atoms with Gasteiger partial charge in [-0.2, -0.15) is 0 Å². The first-order valence-corrected chi connectivity index (χ1v) is 9.97. The lowest BCUT2D eigenvalue weighted by Gasteiger charge is -2.30.